The molecule has 4 fully saturated rings. The monoisotopic (exact) mass is 285 g/mol. The zero-order chi connectivity index (χ0) is 10.2. The Morgan fingerprint density at radius 1 is 0.643 bits per heavy atom. The first kappa shape index (κ1) is 9.87. The standard InChI is InChI=1S/O10P4/c1-11-5-12(2)8-13(3,6-11)10-14(4,7-11)9-12/p+1. The topological polar surface area (TPSA) is 128 Å². The number of hydrogen-bond donors (Lipinski definition) is 0. The zero-order valence-corrected chi connectivity index (χ0v) is 9.49. The van der Waals surface area contributed by atoms with E-state index in [1.165, 1.54) is 0 Å². The Labute approximate surface area is 76.2 Å². The van der Waals surface area contributed by atoms with Crippen molar-refractivity contribution in [3.63, 3.8) is 0 Å². The van der Waals surface area contributed by atoms with Crippen molar-refractivity contribution < 1.29 is 44.1 Å². The van der Waals surface area contributed by atoms with E-state index in [9.17, 15) is 18.3 Å². The fraction of sp³-hybridized carbons (Fsp3) is 0. The molecule has 4 heterocycles. The average molecular weight is 285 g/mol. The fourth-order valence-electron chi connectivity index (χ4n) is 0.925. The van der Waals surface area contributed by atoms with E-state index in [2.05, 4.69) is 25.9 Å². The first-order valence-electron chi connectivity index (χ1n) is 2.94. The largest absolute Gasteiger partial charge is 0.693 e. The molecule has 4 aliphatic rings. The number of rotatable bonds is 0. The fourth-order valence-corrected chi connectivity index (χ4v) is 11.5. The van der Waals surface area contributed by atoms with E-state index < -0.39 is 31.3 Å². The van der Waals surface area contributed by atoms with Gasteiger partial charge in [0, 0.05) is 0 Å². The molecule has 1 N–H and O–H groups in total. The van der Waals surface area contributed by atoms with Crippen molar-refractivity contribution in [2.45, 2.75) is 0 Å². The average Bonchev–Trinajstić information content (AvgIpc) is 1.67. The lowest BCUT2D eigenvalue weighted by Gasteiger charge is -2.38. The highest BCUT2D eigenvalue weighted by molar-refractivity contribution is 7.88. The molecule has 4 bridgehead atoms. The van der Waals surface area contributed by atoms with Crippen LogP contribution in [0, 0.1) is 0 Å². The first-order valence-corrected chi connectivity index (χ1v) is 8.82. The van der Waals surface area contributed by atoms with E-state index >= 15 is 0 Å². The van der Waals surface area contributed by atoms with Crippen molar-refractivity contribution in [1.82, 2.24) is 0 Å². The molecule has 0 radical (unpaired) electrons. The second kappa shape index (κ2) is 2.34. The summed E-state index contributed by atoms with van der Waals surface area (Å²) < 4.78 is 68.5. The molecule has 0 aromatic rings. The first-order chi connectivity index (χ1) is 6.24. The molecule has 4 saturated heterocycles. The third kappa shape index (κ3) is 1.29. The Hall–Kier alpha value is 0.680. The quantitative estimate of drug-likeness (QED) is 0.486. The van der Waals surface area contributed by atoms with Gasteiger partial charge in [0.05, 0.1) is 0 Å². The van der Waals surface area contributed by atoms with Gasteiger partial charge in [0.1, 0.15) is 0 Å². The van der Waals surface area contributed by atoms with Crippen molar-refractivity contribution >= 4 is 31.3 Å². The molecule has 14 heavy (non-hydrogen) atoms. The van der Waals surface area contributed by atoms with Crippen molar-refractivity contribution in [3.8, 4) is 0 Å². The van der Waals surface area contributed by atoms with E-state index in [0.29, 0.717) is 0 Å². The van der Waals surface area contributed by atoms with Gasteiger partial charge in [-0.1, -0.05) is 0 Å². The van der Waals surface area contributed by atoms with Gasteiger partial charge in [0.2, 0.25) is 0 Å². The van der Waals surface area contributed by atoms with Gasteiger partial charge < -0.3 is 0 Å². The van der Waals surface area contributed by atoms with Crippen molar-refractivity contribution in [2.75, 3.05) is 0 Å². The van der Waals surface area contributed by atoms with Gasteiger partial charge in [-0.2, -0.15) is 12.9 Å². The van der Waals surface area contributed by atoms with E-state index in [1.54, 1.807) is 0 Å². The van der Waals surface area contributed by atoms with Crippen LogP contribution in [-0.4, -0.2) is 4.57 Å². The Morgan fingerprint density at radius 2 is 0.929 bits per heavy atom. The van der Waals surface area contributed by atoms with Crippen LogP contribution in [0.1, 0.15) is 0 Å². The summed E-state index contributed by atoms with van der Waals surface area (Å²) in [4.78, 5) is 0. The summed E-state index contributed by atoms with van der Waals surface area (Å²) in [6.45, 7) is 0. The van der Waals surface area contributed by atoms with E-state index in [-0.39, 0.29) is 0 Å². The van der Waals surface area contributed by atoms with Gasteiger partial charge in [0.15, 0.2) is 0 Å². The predicted octanol–water partition coefficient (Wildman–Crippen LogP) is 2.50. The molecule has 0 amide bonds. The van der Waals surface area contributed by atoms with Gasteiger partial charge in [-0.25, -0.2) is 18.3 Å². The van der Waals surface area contributed by atoms with E-state index in [1.807, 2.05) is 0 Å². The molecule has 0 aliphatic carbocycles. The van der Waals surface area contributed by atoms with Gasteiger partial charge >= 0.3 is 31.3 Å². The lowest BCUT2D eigenvalue weighted by molar-refractivity contribution is 0.0954. The molecule has 0 unspecified atom stereocenters. The van der Waals surface area contributed by atoms with Crippen LogP contribution in [0.5, 0.6) is 0 Å². The molecule has 0 spiro atoms. The summed E-state index contributed by atoms with van der Waals surface area (Å²) in [5.41, 5.74) is 0. The second-order valence-corrected chi connectivity index (χ2v) is 9.84. The summed E-state index contributed by atoms with van der Waals surface area (Å²) in [6, 6.07) is 0. The highest BCUT2D eigenvalue weighted by atomic mass is 31.4. The minimum atomic E-state index is -4.37. The van der Waals surface area contributed by atoms with E-state index in [4.69, 9.17) is 0 Å². The molecule has 14 heteroatoms. The van der Waals surface area contributed by atoms with E-state index in [0.717, 1.165) is 0 Å². The van der Waals surface area contributed by atoms with Crippen LogP contribution in [0.3, 0.4) is 0 Å². The molecular formula is HO10P4+. The minimum absolute atomic E-state index is 4.17. The maximum Gasteiger partial charge on any atom is 0.693 e. The smallest absolute Gasteiger partial charge is 0.247 e. The van der Waals surface area contributed by atoms with Crippen molar-refractivity contribution in [2.24, 2.45) is 0 Å². The van der Waals surface area contributed by atoms with Crippen molar-refractivity contribution in [1.29, 1.82) is 0 Å². The molecule has 0 aromatic carbocycles. The second-order valence-electron chi connectivity index (χ2n) is 2.30. The molecule has 4 rings (SSSR count). The van der Waals surface area contributed by atoms with Crippen LogP contribution in [0.25, 0.3) is 0 Å². The molecule has 0 saturated carbocycles. The van der Waals surface area contributed by atoms with Crippen LogP contribution in [0.15, 0.2) is 0 Å². The summed E-state index contributed by atoms with van der Waals surface area (Å²) in [7, 11) is -17.3. The lowest BCUT2D eigenvalue weighted by atomic mass is 15.6. The zero-order valence-electron chi connectivity index (χ0n) is 5.91. The Morgan fingerprint density at radius 3 is 1.14 bits per heavy atom. The van der Waals surface area contributed by atoms with Crippen LogP contribution < -0.4 is 0 Å². The summed E-state index contributed by atoms with van der Waals surface area (Å²) in [5.74, 6) is 0. The van der Waals surface area contributed by atoms with Crippen molar-refractivity contribution in [3.05, 3.63) is 0 Å². The van der Waals surface area contributed by atoms with Crippen LogP contribution in [0.2, 0.25) is 0 Å². The molecular weight excluding hydrogens is 284 g/mol. The molecule has 10 nitrogen and oxygen atoms in total. The molecule has 4 aliphatic heterocycles. The van der Waals surface area contributed by atoms with Gasteiger partial charge in [-0.3, -0.25) is 0 Å². The molecule has 80 valence electrons. The van der Waals surface area contributed by atoms with Crippen LogP contribution in [-0.2, 0) is 39.6 Å². The highest BCUT2D eigenvalue weighted by Crippen LogP contribution is 2.99. The van der Waals surface area contributed by atoms with Gasteiger partial charge in [-0.05, 0) is 0 Å². The Kier molecular flexibility index (Phi) is 1.65. The number of phosphoric acid groups is 3. The summed E-state index contributed by atoms with van der Waals surface area (Å²) in [6.07, 6.45) is 0. The SMILES string of the molecule is O=P12OP3(=O)OP(=O)(O1)OP(=[OH+])(O2)O3. The number of hydrogen-bond acceptors (Lipinski definition) is 9. The summed E-state index contributed by atoms with van der Waals surface area (Å²) in [5, 5.41) is 0. The lowest BCUT2D eigenvalue weighted by Crippen LogP contribution is -2.20. The summed E-state index contributed by atoms with van der Waals surface area (Å²) >= 11 is 0. The Balaban J connectivity index is 2.27. The predicted molar refractivity (Wildman–Crippen MR) is 38.2 cm³/mol. The Bertz CT molecular complexity index is 344. The minimum Gasteiger partial charge on any atom is -0.247 e. The van der Waals surface area contributed by atoms with Crippen LogP contribution in [0.4, 0.5) is 0 Å². The van der Waals surface area contributed by atoms with Gasteiger partial charge in [-0.15, -0.1) is 12.9 Å². The third-order valence-corrected chi connectivity index (χ3v) is 10.9. The maximum atomic E-state index is 11.3. The van der Waals surface area contributed by atoms with Gasteiger partial charge in [0.25, 0.3) is 0 Å². The van der Waals surface area contributed by atoms with Crippen LogP contribution >= 0.6 is 31.3 Å². The molecule has 0 aromatic heterocycles. The normalized spacial score (nSPS) is 65.7. The maximum absolute atomic E-state index is 11.3. The third-order valence-electron chi connectivity index (χ3n) is 1.21. The molecule has 0 atom stereocenters. The highest BCUT2D eigenvalue weighted by Gasteiger charge is 2.78.